The van der Waals surface area contributed by atoms with Crippen LogP contribution >= 0.6 is 0 Å². The fraction of sp³-hybridized carbons (Fsp3) is 0.923. The lowest BCUT2D eigenvalue weighted by molar-refractivity contribution is -0.138. The van der Waals surface area contributed by atoms with E-state index >= 15 is 0 Å². The van der Waals surface area contributed by atoms with E-state index in [4.69, 9.17) is 5.73 Å². The van der Waals surface area contributed by atoms with Crippen LogP contribution in [0, 0.1) is 11.8 Å². The molecule has 1 aliphatic rings. The summed E-state index contributed by atoms with van der Waals surface area (Å²) < 4.78 is 0. The SMILES string of the molecule is CC(C)CN(C)C(=O)C1CCCCC1(C)N. The van der Waals surface area contributed by atoms with Gasteiger partial charge in [-0.25, -0.2) is 0 Å². The van der Waals surface area contributed by atoms with Crippen LogP contribution in [0.1, 0.15) is 46.5 Å². The first-order valence-electron chi connectivity index (χ1n) is 6.38. The van der Waals surface area contributed by atoms with Gasteiger partial charge in [0.1, 0.15) is 0 Å². The molecule has 0 aromatic rings. The minimum Gasteiger partial charge on any atom is -0.345 e. The quantitative estimate of drug-likeness (QED) is 0.800. The summed E-state index contributed by atoms with van der Waals surface area (Å²) in [5.41, 5.74) is 5.94. The Morgan fingerprint density at radius 2 is 2.12 bits per heavy atom. The molecule has 1 aliphatic carbocycles. The van der Waals surface area contributed by atoms with Gasteiger partial charge >= 0.3 is 0 Å². The van der Waals surface area contributed by atoms with Crippen molar-refractivity contribution in [3.8, 4) is 0 Å². The summed E-state index contributed by atoms with van der Waals surface area (Å²) in [6, 6.07) is 0. The maximum absolute atomic E-state index is 12.3. The molecule has 3 nitrogen and oxygen atoms in total. The molecule has 16 heavy (non-hydrogen) atoms. The molecule has 0 heterocycles. The van der Waals surface area contributed by atoms with E-state index in [1.807, 2.05) is 18.9 Å². The van der Waals surface area contributed by atoms with E-state index in [0.717, 1.165) is 32.2 Å². The molecular formula is C13H26N2O. The third kappa shape index (κ3) is 3.21. The summed E-state index contributed by atoms with van der Waals surface area (Å²) in [7, 11) is 1.90. The Labute approximate surface area is 99.4 Å². The topological polar surface area (TPSA) is 46.3 Å². The second-order valence-electron chi connectivity index (χ2n) is 5.92. The van der Waals surface area contributed by atoms with Crippen LogP contribution < -0.4 is 5.73 Å². The minimum atomic E-state index is -0.305. The molecule has 0 spiro atoms. The van der Waals surface area contributed by atoms with E-state index in [2.05, 4.69) is 13.8 Å². The van der Waals surface area contributed by atoms with Crippen LogP contribution in [-0.2, 0) is 4.79 Å². The van der Waals surface area contributed by atoms with Crippen LogP contribution in [0.15, 0.2) is 0 Å². The molecule has 0 aromatic heterocycles. The van der Waals surface area contributed by atoms with Gasteiger partial charge in [-0.2, -0.15) is 0 Å². The maximum atomic E-state index is 12.3. The van der Waals surface area contributed by atoms with Crippen LogP contribution in [0.3, 0.4) is 0 Å². The lowest BCUT2D eigenvalue weighted by atomic mass is 9.74. The summed E-state index contributed by atoms with van der Waals surface area (Å²) in [5, 5.41) is 0. The smallest absolute Gasteiger partial charge is 0.227 e. The van der Waals surface area contributed by atoms with Crippen LogP contribution in [0.25, 0.3) is 0 Å². The molecule has 1 fully saturated rings. The van der Waals surface area contributed by atoms with Crippen molar-refractivity contribution in [2.24, 2.45) is 17.6 Å². The van der Waals surface area contributed by atoms with Gasteiger partial charge in [-0.3, -0.25) is 4.79 Å². The standard InChI is InChI=1S/C13H26N2O/c1-10(2)9-15(4)12(16)11-7-5-6-8-13(11,3)14/h10-11H,5-9,14H2,1-4H3. The summed E-state index contributed by atoms with van der Waals surface area (Å²) in [6.45, 7) is 7.11. The second kappa shape index (κ2) is 5.17. The van der Waals surface area contributed by atoms with Crippen molar-refractivity contribution in [2.45, 2.75) is 52.0 Å². The highest BCUT2D eigenvalue weighted by Crippen LogP contribution is 2.32. The lowest BCUT2D eigenvalue weighted by Gasteiger charge is -2.39. The largest absolute Gasteiger partial charge is 0.345 e. The average Bonchev–Trinajstić information content (AvgIpc) is 2.15. The summed E-state index contributed by atoms with van der Waals surface area (Å²) in [4.78, 5) is 14.1. The number of amides is 1. The fourth-order valence-electron chi connectivity index (χ4n) is 2.67. The van der Waals surface area contributed by atoms with Gasteiger partial charge in [0.15, 0.2) is 0 Å². The summed E-state index contributed by atoms with van der Waals surface area (Å²) in [6.07, 6.45) is 4.22. The van der Waals surface area contributed by atoms with Crippen molar-refractivity contribution >= 4 is 5.91 Å². The van der Waals surface area contributed by atoms with Gasteiger partial charge in [-0.05, 0) is 25.7 Å². The predicted molar refractivity (Wildman–Crippen MR) is 67.0 cm³/mol. The molecule has 0 aromatic carbocycles. The Hall–Kier alpha value is -0.570. The summed E-state index contributed by atoms with van der Waals surface area (Å²) >= 11 is 0. The zero-order valence-corrected chi connectivity index (χ0v) is 11.1. The van der Waals surface area contributed by atoms with Crippen LogP contribution in [-0.4, -0.2) is 29.9 Å². The highest BCUT2D eigenvalue weighted by molar-refractivity contribution is 5.80. The lowest BCUT2D eigenvalue weighted by Crippen LogP contribution is -2.53. The molecule has 2 N–H and O–H groups in total. The first kappa shape index (κ1) is 13.5. The van der Waals surface area contributed by atoms with Crippen molar-refractivity contribution in [1.82, 2.24) is 4.90 Å². The molecule has 3 heteroatoms. The third-order valence-electron chi connectivity index (χ3n) is 3.57. The van der Waals surface area contributed by atoms with Crippen molar-refractivity contribution < 1.29 is 4.79 Å². The first-order chi connectivity index (χ1) is 7.34. The van der Waals surface area contributed by atoms with Gasteiger partial charge < -0.3 is 10.6 Å². The van der Waals surface area contributed by atoms with E-state index in [-0.39, 0.29) is 17.4 Å². The van der Waals surface area contributed by atoms with Crippen LogP contribution in [0.2, 0.25) is 0 Å². The number of nitrogens with zero attached hydrogens (tertiary/aromatic N) is 1. The van der Waals surface area contributed by atoms with Crippen molar-refractivity contribution in [1.29, 1.82) is 0 Å². The van der Waals surface area contributed by atoms with Gasteiger partial charge in [0.25, 0.3) is 0 Å². The third-order valence-corrected chi connectivity index (χ3v) is 3.57. The van der Waals surface area contributed by atoms with Gasteiger partial charge in [0.05, 0.1) is 5.92 Å². The molecule has 1 rings (SSSR count). The predicted octanol–water partition coefficient (Wildman–Crippen LogP) is 2.01. The average molecular weight is 226 g/mol. The van der Waals surface area contributed by atoms with Gasteiger partial charge in [-0.1, -0.05) is 26.7 Å². The molecule has 94 valence electrons. The molecule has 2 unspecified atom stereocenters. The van der Waals surface area contributed by atoms with Gasteiger partial charge in [-0.15, -0.1) is 0 Å². The Bertz CT molecular complexity index is 248. The molecule has 0 saturated heterocycles. The monoisotopic (exact) mass is 226 g/mol. The van der Waals surface area contributed by atoms with E-state index in [1.165, 1.54) is 0 Å². The van der Waals surface area contributed by atoms with E-state index in [9.17, 15) is 4.79 Å². The Morgan fingerprint density at radius 3 is 2.62 bits per heavy atom. The van der Waals surface area contributed by atoms with Crippen LogP contribution in [0.4, 0.5) is 0 Å². The summed E-state index contributed by atoms with van der Waals surface area (Å²) in [5.74, 6) is 0.768. The zero-order valence-electron chi connectivity index (χ0n) is 11.1. The molecular weight excluding hydrogens is 200 g/mol. The van der Waals surface area contributed by atoms with Gasteiger partial charge in [0.2, 0.25) is 5.91 Å². The van der Waals surface area contributed by atoms with Crippen LogP contribution in [0.5, 0.6) is 0 Å². The molecule has 0 radical (unpaired) electrons. The molecule has 2 atom stereocenters. The number of hydrogen-bond donors (Lipinski definition) is 1. The van der Waals surface area contributed by atoms with E-state index in [1.54, 1.807) is 0 Å². The van der Waals surface area contributed by atoms with Gasteiger partial charge in [0, 0.05) is 19.1 Å². The zero-order chi connectivity index (χ0) is 12.3. The minimum absolute atomic E-state index is 0.0185. The van der Waals surface area contributed by atoms with Crippen molar-refractivity contribution in [3.05, 3.63) is 0 Å². The normalized spacial score (nSPS) is 30.5. The van der Waals surface area contributed by atoms with E-state index in [0.29, 0.717) is 5.92 Å². The number of nitrogens with two attached hydrogens (primary N) is 1. The number of carbonyl (C=O) groups is 1. The van der Waals surface area contributed by atoms with E-state index < -0.39 is 0 Å². The van der Waals surface area contributed by atoms with Crippen molar-refractivity contribution in [3.63, 3.8) is 0 Å². The highest BCUT2D eigenvalue weighted by atomic mass is 16.2. The van der Waals surface area contributed by atoms with Crippen molar-refractivity contribution in [2.75, 3.05) is 13.6 Å². The Balaban J connectivity index is 2.64. The molecule has 1 saturated carbocycles. The highest BCUT2D eigenvalue weighted by Gasteiger charge is 2.38. The molecule has 0 aliphatic heterocycles. The molecule has 1 amide bonds. The number of carbonyl (C=O) groups excluding carboxylic acids is 1. The number of hydrogen-bond acceptors (Lipinski definition) is 2. The fourth-order valence-corrected chi connectivity index (χ4v) is 2.67. The number of rotatable bonds is 3. The maximum Gasteiger partial charge on any atom is 0.227 e. The molecule has 0 bridgehead atoms. The first-order valence-corrected chi connectivity index (χ1v) is 6.38. The Morgan fingerprint density at radius 1 is 1.50 bits per heavy atom. The second-order valence-corrected chi connectivity index (χ2v) is 5.92. The Kier molecular flexibility index (Phi) is 4.36.